The van der Waals surface area contributed by atoms with Crippen LogP contribution in [0, 0.1) is 5.82 Å². The number of aliphatic hydroxyl groups is 1. The average Bonchev–Trinajstić information content (AvgIpc) is 2.76. The molecule has 16 heavy (non-hydrogen) atoms. The van der Waals surface area contributed by atoms with E-state index in [4.69, 9.17) is 4.74 Å². The van der Waals surface area contributed by atoms with Crippen LogP contribution in [0.5, 0.6) is 5.75 Å². The molecule has 4 heteroatoms. The van der Waals surface area contributed by atoms with Crippen molar-refractivity contribution in [3.05, 3.63) is 52.0 Å². The zero-order valence-corrected chi connectivity index (χ0v) is 9.50. The van der Waals surface area contributed by atoms with Gasteiger partial charge in [0.25, 0.3) is 0 Å². The number of halogens is 1. The number of benzene rings is 1. The van der Waals surface area contributed by atoms with E-state index in [1.807, 2.05) is 5.38 Å². The predicted octanol–water partition coefficient (Wildman–Crippen LogP) is 2.98. The summed E-state index contributed by atoms with van der Waals surface area (Å²) in [6, 6.07) is 7.72. The highest BCUT2D eigenvalue weighted by atomic mass is 32.1. The largest absolute Gasteiger partial charge is 0.495 e. The third-order valence-corrected chi connectivity index (χ3v) is 3.24. The average molecular weight is 238 g/mol. The van der Waals surface area contributed by atoms with Crippen molar-refractivity contribution in [2.45, 2.75) is 6.10 Å². The molecule has 0 saturated carbocycles. The van der Waals surface area contributed by atoms with Gasteiger partial charge in [-0.25, -0.2) is 4.39 Å². The Morgan fingerprint density at radius 2 is 2.19 bits per heavy atom. The zero-order chi connectivity index (χ0) is 11.5. The summed E-state index contributed by atoms with van der Waals surface area (Å²) in [4.78, 5) is 0.688. The summed E-state index contributed by atoms with van der Waals surface area (Å²) < 4.78 is 18.1. The van der Waals surface area contributed by atoms with Crippen LogP contribution in [0.15, 0.2) is 35.7 Å². The number of hydrogen-bond acceptors (Lipinski definition) is 3. The third-order valence-electron chi connectivity index (χ3n) is 2.29. The van der Waals surface area contributed by atoms with Crippen LogP contribution in [-0.2, 0) is 0 Å². The highest BCUT2D eigenvalue weighted by Gasteiger charge is 2.17. The molecule has 1 aromatic carbocycles. The molecule has 2 rings (SSSR count). The Hall–Kier alpha value is -1.39. The molecule has 0 aliphatic carbocycles. The van der Waals surface area contributed by atoms with Crippen molar-refractivity contribution < 1.29 is 14.2 Å². The summed E-state index contributed by atoms with van der Waals surface area (Å²) in [5, 5.41) is 11.9. The predicted molar refractivity (Wildman–Crippen MR) is 61.3 cm³/mol. The number of rotatable bonds is 3. The standard InChI is InChI=1S/C12H11FO2S/c1-15-10-5-6-16-12(10)11(14)8-3-2-4-9(13)7-8/h2-7,11,14H,1H3. The maximum Gasteiger partial charge on any atom is 0.135 e. The number of hydrogen-bond donors (Lipinski definition) is 1. The minimum atomic E-state index is -0.842. The van der Waals surface area contributed by atoms with Crippen LogP contribution in [-0.4, -0.2) is 12.2 Å². The van der Waals surface area contributed by atoms with Crippen LogP contribution in [0.25, 0.3) is 0 Å². The van der Waals surface area contributed by atoms with E-state index in [0.29, 0.717) is 16.2 Å². The normalized spacial score (nSPS) is 12.4. The summed E-state index contributed by atoms with van der Waals surface area (Å²) in [5.74, 6) is 0.272. The fourth-order valence-corrected chi connectivity index (χ4v) is 2.38. The molecule has 1 unspecified atom stereocenters. The van der Waals surface area contributed by atoms with Crippen LogP contribution in [0.2, 0.25) is 0 Å². The molecule has 0 aliphatic heterocycles. The molecule has 0 amide bonds. The van der Waals surface area contributed by atoms with Crippen LogP contribution < -0.4 is 4.74 Å². The van der Waals surface area contributed by atoms with Crippen molar-refractivity contribution in [1.29, 1.82) is 0 Å². The van der Waals surface area contributed by atoms with E-state index in [-0.39, 0.29) is 5.82 Å². The lowest BCUT2D eigenvalue weighted by molar-refractivity contribution is 0.218. The van der Waals surface area contributed by atoms with E-state index < -0.39 is 6.10 Å². The minimum Gasteiger partial charge on any atom is -0.495 e. The van der Waals surface area contributed by atoms with Crippen molar-refractivity contribution in [2.75, 3.05) is 7.11 Å². The Bertz CT molecular complexity index is 481. The molecule has 0 fully saturated rings. The van der Waals surface area contributed by atoms with Gasteiger partial charge in [0.2, 0.25) is 0 Å². The first-order chi connectivity index (χ1) is 7.72. The molecule has 0 radical (unpaired) electrons. The molecule has 1 N–H and O–H groups in total. The highest BCUT2D eigenvalue weighted by Crippen LogP contribution is 2.34. The number of methoxy groups -OCH3 is 1. The van der Waals surface area contributed by atoms with Gasteiger partial charge < -0.3 is 9.84 Å². The van der Waals surface area contributed by atoms with E-state index in [1.54, 1.807) is 25.3 Å². The van der Waals surface area contributed by atoms with Crippen LogP contribution in [0.3, 0.4) is 0 Å². The summed E-state index contributed by atoms with van der Waals surface area (Å²) in [6.07, 6.45) is -0.842. The van der Waals surface area contributed by atoms with E-state index in [0.717, 1.165) is 0 Å². The first-order valence-electron chi connectivity index (χ1n) is 4.77. The van der Waals surface area contributed by atoms with Crippen LogP contribution >= 0.6 is 11.3 Å². The molecule has 0 spiro atoms. The van der Waals surface area contributed by atoms with Gasteiger partial charge in [0.1, 0.15) is 17.7 Å². The second-order valence-electron chi connectivity index (χ2n) is 3.31. The Morgan fingerprint density at radius 1 is 1.38 bits per heavy atom. The fourth-order valence-electron chi connectivity index (χ4n) is 1.51. The van der Waals surface area contributed by atoms with Gasteiger partial charge in [-0.3, -0.25) is 0 Å². The SMILES string of the molecule is COc1ccsc1C(O)c1cccc(F)c1. The molecule has 0 aliphatic rings. The highest BCUT2D eigenvalue weighted by molar-refractivity contribution is 7.10. The van der Waals surface area contributed by atoms with Crippen molar-refractivity contribution in [3.8, 4) is 5.75 Å². The second-order valence-corrected chi connectivity index (χ2v) is 4.26. The quantitative estimate of drug-likeness (QED) is 0.890. The van der Waals surface area contributed by atoms with Gasteiger partial charge in [-0.05, 0) is 29.1 Å². The van der Waals surface area contributed by atoms with Gasteiger partial charge in [0, 0.05) is 0 Å². The Balaban J connectivity index is 2.35. The number of aliphatic hydroxyl groups excluding tert-OH is 1. The van der Waals surface area contributed by atoms with Gasteiger partial charge in [-0.15, -0.1) is 11.3 Å². The van der Waals surface area contributed by atoms with Crippen molar-refractivity contribution in [2.24, 2.45) is 0 Å². The van der Waals surface area contributed by atoms with Gasteiger partial charge in [0.15, 0.2) is 0 Å². The topological polar surface area (TPSA) is 29.5 Å². The lowest BCUT2D eigenvalue weighted by Crippen LogP contribution is -1.99. The maximum atomic E-state index is 13.0. The maximum absolute atomic E-state index is 13.0. The monoisotopic (exact) mass is 238 g/mol. The van der Waals surface area contributed by atoms with Gasteiger partial charge >= 0.3 is 0 Å². The Kier molecular flexibility index (Phi) is 3.22. The van der Waals surface area contributed by atoms with Gasteiger partial charge in [-0.1, -0.05) is 12.1 Å². The summed E-state index contributed by atoms with van der Waals surface area (Å²) in [5.41, 5.74) is 0.528. The Labute approximate surface area is 96.9 Å². The molecule has 1 aromatic heterocycles. The minimum absolute atomic E-state index is 0.355. The number of thiophene rings is 1. The van der Waals surface area contributed by atoms with Crippen molar-refractivity contribution >= 4 is 11.3 Å². The van der Waals surface area contributed by atoms with Gasteiger partial charge in [0.05, 0.1) is 12.0 Å². The summed E-state index contributed by atoms with van der Waals surface area (Å²) >= 11 is 1.39. The van der Waals surface area contributed by atoms with Crippen molar-refractivity contribution in [1.82, 2.24) is 0 Å². The first kappa shape index (κ1) is 11.1. The lowest BCUT2D eigenvalue weighted by Gasteiger charge is -2.11. The van der Waals surface area contributed by atoms with Crippen LogP contribution in [0.1, 0.15) is 16.5 Å². The molecule has 1 atom stereocenters. The Morgan fingerprint density at radius 3 is 2.88 bits per heavy atom. The van der Waals surface area contributed by atoms with E-state index >= 15 is 0 Å². The fraction of sp³-hybridized carbons (Fsp3) is 0.167. The summed E-state index contributed by atoms with van der Waals surface area (Å²) in [7, 11) is 1.55. The first-order valence-corrected chi connectivity index (χ1v) is 5.65. The van der Waals surface area contributed by atoms with Crippen LogP contribution in [0.4, 0.5) is 4.39 Å². The molecule has 2 aromatic rings. The smallest absolute Gasteiger partial charge is 0.135 e. The van der Waals surface area contributed by atoms with Gasteiger partial charge in [-0.2, -0.15) is 0 Å². The molecular weight excluding hydrogens is 227 g/mol. The number of ether oxygens (including phenoxy) is 1. The molecule has 2 nitrogen and oxygen atoms in total. The second kappa shape index (κ2) is 4.63. The van der Waals surface area contributed by atoms with E-state index in [2.05, 4.69) is 0 Å². The van der Waals surface area contributed by atoms with E-state index in [9.17, 15) is 9.50 Å². The molecule has 84 valence electrons. The third kappa shape index (κ3) is 2.08. The van der Waals surface area contributed by atoms with Crippen molar-refractivity contribution in [3.63, 3.8) is 0 Å². The zero-order valence-electron chi connectivity index (χ0n) is 8.68. The molecule has 0 saturated heterocycles. The lowest BCUT2D eigenvalue weighted by atomic mass is 10.1. The van der Waals surface area contributed by atoms with E-state index in [1.165, 1.54) is 23.5 Å². The molecular formula is C12H11FO2S. The summed E-state index contributed by atoms with van der Waals surface area (Å²) in [6.45, 7) is 0. The molecule has 0 bridgehead atoms. The molecule has 1 heterocycles.